The van der Waals surface area contributed by atoms with Crippen molar-refractivity contribution in [3.63, 3.8) is 0 Å². The smallest absolute Gasteiger partial charge is 0.411 e. The third kappa shape index (κ3) is 3.31. The Morgan fingerprint density at radius 1 is 1.20 bits per heavy atom. The number of benzene rings is 2. The Morgan fingerprint density at radius 3 is 2.60 bits per heavy atom. The van der Waals surface area contributed by atoms with Crippen molar-refractivity contribution in [1.29, 1.82) is 0 Å². The fourth-order valence-electron chi connectivity index (χ4n) is 2.67. The van der Waals surface area contributed by atoms with Gasteiger partial charge in [-0.15, -0.1) is 11.3 Å². The van der Waals surface area contributed by atoms with Crippen molar-refractivity contribution in [3.8, 4) is 16.9 Å². The Balaban J connectivity index is 2.16. The molecule has 0 aliphatic rings. The first-order valence-corrected chi connectivity index (χ1v) is 8.56. The van der Waals surface area contributed by atoms with Crippen LogP contribution in [-0.4, -0.2) is 24.2 Å². The maximum atomic E-state index is 12.0. The van der Waals surface area contributed by atoms with Crippen LogP contribution in [0, 0.1) is 6.92 Å². The van der Waals surface area contributed by atoms with Crippen LogP contribution in [0.4, 0.5) is 4.79 Å². The lowest BCUT2D eigenvalue weighted by Gasteiger charge is -2.09. The molecular formula is C18H14ClNO4S. The van der Waals surface area contributed by atoms with Gasteiger partial charge in [-0.05, 0) is 47.7 Å². The molecule has 1 heterocycles. The number of rotatable bonds is 3. The van der Waals surface area contributed by atoms with E-state index in [2.05, 4.69) is 0 Å². The molecule has 0 saturated heterocycles. The molecule has 0 aliphatic carbocycles. The summed E-state index contributed by atoms with van der Waals surface area (Å²) in [5, 5.41) is 13.8. The van der Waals surface area contributed by atoms with E-state index in [1.54, 1.807) is 13.2 Å². The van der Waals surface area contributed by atoms with E-state index in [0.29, 0.717) is 5.02 Å². The number of ether oxygens (including phenoxy) is 1. The highest BCUT2D eigenvalue weighted by molar-refractivity contribution is 7.18. The van der Waals surface area contributed by atoms with Crippen LogP contribution in [-0.2, 0) is 0 Å². The molecule has 0 spiro atoms. The lowest BCUT2D eigenvalue weighted by Crippen LogP contribution is -2.28. The van der Waals surface area contributed by atoms with E-state index in [4.69, 9.17) is 21.4 Å². The summed E-state index contributed by atoms with van der Waals surface area (Å²) in [4.78, 5) is 22.7. The van der Waals surface area contributed by atoms with Gasteiger partial charge in [-0.2, -0.15) is 0 Å². The molecule has 3 rings (SSSR count). The van der Waals surface area contributed by atoms with E-state index >= 15 is 0 Å². The van der Waals surface area contributed by atoms with Crippen molar-refractivity contribution in [1.82, 2.24) is 5.32 Å². The molecule has 0 atom stereocenters. The van der Waals surface area contributed by atoms with Crippen molar-refractivity contribution >= 4 is 45.0 Å². The predicted octanol–water partition coefficient (Wildman–Crippen LogP) is 4.95. The summed E-state index contributed by atoms with van der Waals surface area (Å²) in [5.41, 5.74) is 3.16. The maximum Gasteiger partial charge on any atom is 0.411 e. The molecule has 0 saturated carbocycles. The van der Waals surface area contributed by atoms with Crippen LogP contribution >= 0.6 is 22.9 Å². The van der Waals surface area contributed by atoms with Gasteiger partial charge in [0.25, 0.3) is 5.91 Å². The van der Waals surface area contributed by atoms with Gasteiger partial charge < -0.3 is 9.84 Å². The van der Waals surface area contributed by atoms with Crippen molar-refractivity contribution in [2.45, 2.75) is 6.92 Å². The number of nitrogens with one attached hydrogen (secondary N) is 1. The van der Waals surface area contributed by atoms with E-state index in [1.807, 2.05) is 35.8 Å². The monoisotopic (exact) mass is 375 g/mol. The zero-order valence-electron chi connectivity index (χ0n) is 13.4. The molecule has 5 nitrogen and oxygen atoms in total. The van der Waals surface area contributed by atoms with E-state index in [1.165, 1.54) is 17.4 Å². The van der Waals surface area contributed by atoms with Gasteiger partial charge in [-0.1, -0.05) is 17.7 Å². The number of aryl methyl sites for hydroxylation is 1. The van der Waals surface area contributed by atoms with Gasteiger partial charge in [0.15, 0.2) is 0 Å². The molecule has 1 aromatic heterocycles. The highest BCUT2D eigenvalue weighted by Gasteiger charge is 2.16. The van der Waals surface area contributed by atoms with E-state index in [9.17, 15) is 9.59 Å². The summed E-state index contributed by atoms with van der Waals surface area (Å²) in [6.45, 7) is 1.98. The Labute approximate surface area is 152 Å². The number of hydrogen-bond acceptors (Lipinski definition) is 4. The molecule has 0 bridgehead atoms. The molecule has 0 aliphatic heterocycles. The van der Waals surface area contributed by atoms with Gasteiger partial charge in [0.2, 0.25) is 0 Å². The minimum Gasteiger partial charge on any atom is -0.497 e. The number of carboxylic acid groups (broad SMARTS) is 1. The van der Waals surface area contributed by atoms with Crippen LogP contribution < -0.4 is 10.1 Å². The third-order valence-corrected chi connectivity index (χ3v) is 5.27. The van der Waals surface area contributed by atoms with Gasteiger partial charge in [0.05, 0.1) is 16.8 Å². The van der Waals surface area contributed by atoms with E-state index in [-0.39, 0.29) is 5.56 Å². The molecule has 3 aromatic rings. The zero-order valence-corrected chi connectivity index (χ0v) is 15.0. The standard InChI is InChI=1S/C18H14ClNO4S/c1-9-5-11(24-2)3-4-12(9)14-8-25-16-13(14)6-10(7-15(16)19)17(21)20-18(22)23/h3-8H,1-2H3,(H,20,21)(H,22,23). The highest BCUT2D eigenvalue weighted by Crippen LogP contribution is 2.40. The third-order valence-electron chi connectivity index (χ3n) is 3.83. The van der Waals surface area contributed by atoms with Gasteiger partial charge in [-0.25, -0.2) is 4.79 Å². The number of carbonyl (C=O) groups excluding carboxylic acids is 1. The molecule has 7 heteroatoms. The number of hydrogen-bond donors (Lipinski definition) is 2. The van der Waals surface area contributed by atoms with Gasteiger partial charge in [0, 0.05) is 16.5 Å². The van der Waals surface area contributed by atoms with Gasteiger partial charge in [-0.3, -0.25) is 10.1 Å². The fourth-order valence-corrected chi connectivity index (χ4v) is 3.98. The molecule has 0 radical (unpaired) electrons. The van der Waals surface area contributed by atoms with Crippen LogP contribution in [0.1, 0.15) is 15.9 Å². The average molecular weight is 376 g/mol. The summed E-state index contributed by atoms with van der Waals surface area (Å²) in [7, 11) is 1.61. The molecule has 25 heavy (non-hydrogen) atoms. The first-order valence-electron chi connectivity index (χ1n) is 7.30. The second-order valence-corrected chi connectivity index (χ2v) is 6.71. The van der Waals surface area contributed by atoms with Crippen molar-refractivity contribution in [2.24, 2.45) is 0 Å². The number of amides is 2. The topological polar surface area (TPSA) is 75.6 Å². The zero-order chi connectivity index (χ0) is 18.1. The summed E-state index contributed by atoms with van der Waals surface area (Å²) < 4.78 is 6.08. The maximum absolute atomic E-state index is 12.0. The van der Waals surface area contributed by atoms with Crippen LogP contribution in [0.25, 0.3) is 21.2 Å². The fraction of sp³-hybridized carbons (Fsp3) is 0.111. The molecule has 0 fully saturated rings. The lowest BCUT2D eigenvalue weighted by molar-refractivity contribution is 0.0948. The number of methoxy groups -OCH3 is 1. The number of imide groups is 1. The van der Waals surface area contributed by atoms with E-state index in [0.717, 1.165) is 32.5 Å². The Kier molecular flexibility index (Phi) is 4.65. The Bertz CT molecular complexity index is 996. The second-order valence-electron chi connectivity index (χ2n) is 5.42. The normalized spacial score (nSPS) is 10.7. The largest absolute Gasteiger partial charge is 0.497 e. The predicted molar refractivity (Wildman–Crippen MR) is 99.1 cm³/mol. The SMILES string of the molecule is COc1ccc(-c2csc3c(Cl)cc(C(=O)NC(=O)O)cc23)c(C)c1. The van der Waals surface area contributed by atoms with E-state index < -0.39 is 12.0 Å². The minimum atomic E-state index is -1.40. The molecule has 2 aromatic carbocycles. The number of halogens is 1. The molecule has 128 valence electrons. The number of carbonyl (C=O) groups is 2. The van der Waals surface area contributed by atoms with Crippen molar-refractivity contribution in [3.05, 3.63) is 51.9 Å². The van der Waals surface area contributed by atoms with Crippen LogP contribution in [0.2, 0.25) is 5.02 Å². The Hall–Kier alpha value is -2.57. The first-order chi connectivity index (χ1) is 11.9. The average Bonchev–Trinajstić information content (AvgIpc) is 2.98. The molecule has 0 unspecified atom stereocenters. The van der Waals surface area contributed by atoms with Gasteiger partial charge in [0.1, 0.15) is 5.75 Å². The highest BCUT2D eigenvalue weighted by atomic mass is 35.5. The molecular weight excluding hydrogens is 362 g/mol. The first kappa shape index (κ1) is 17.3. The number of fused-ring (bicyclic) bond motifs is 1. The number of thiophene rings is 1. The molecule has 2 amide bonds. The lowest BCUT2D eigenvalue weighted by atomic mass is 9.98. The quantitative estimate of drug-likeness (QED) is 0.679. The van der Waals surface area contributed by atoms with Crippen LogP contribution in [0.15, 0.2) is 35.7 Å². The summed E-state index contributed by atoms with van der Waals surface area (Å²) in [6.07, 6.45) is -1.40. The van der Waals surface area contributed by atoms with Crippen LogP contribution in [0.3, 0.4) is 0 Å². The molecule has 2 N–H and O–H groups in total. The van der Waals surface area contributed by atoms with Crippen molar-refractivity contribution in [2.75, 3.05) is 7.11 Å². The van der Waals surface area contributed by atoms with Crippen LogP contribution in [0.5, 0.6) is 5.75 Å². The summed E-state index contributed by atoms with van der Waals surface area (Å²) >= 11 is 7.77. The summed E-state index contributed by atoms with van der Waals surface area (Å²) in [6, 6.07) is 8.89. The van der Waals surface area contributed by atoms with Crippen molar-refractivity contribution < 1.29 is 19.4 Å². The van der Waals surface area contributed by atoms with Gasteiger partial charge >= 0.3 is 6.09 Å². The minimum absolute atomic E-state index is 0.200. The Morgan fingerprint density at radius 2 is 1.96 bits per heavy atom. The second kappa shape index (κ2) is 6.74. The summed E-state index contributed by atoms with van der Waals surface area (Å²) in [5.74, 6) is 0.0558.